The van der Waals surface area contributed by atoms with E-state index in [1.54, 1.807) is 0 Å². The zero-order chi connectivity index (χ0) is 12.2. The molecule has 2 aliphatic heterocycles. The van der Waals surface area contributed by atoms with Crippen molar-refractivity contribution in [2.24, 2.45) is 0 Å². The van der Waals surface area contributed by atoms with Crippen LogP contribution in [-0.4, -0.2) is 32.4 Å². The van der Waals surface area contributed by atoms with Gasteiger partial charge in [0.2, 0.25) is 0 Å². The summed E-state index contributed by atoms with van der Waals surface area (Å²) in [5.74, 6) is 1.68. The Kier molecular flexibility index (Phi) is 3.81. The van der Waals surface area contributed by atoms with E-state index in [0.717, 1.165) is 44.9 Å². The highest BCUT2D eigenvalue weighted by Gasteiger charge is 2.17. The molecule has 2 heterocycles. The minimum atomic E-state index is 0.331. The van der Waals surface area contributed by atoms with Gasteiger partial charge in [-0.1, -0.05) is 12.1 Å². The van der Waals surface area contributed by atoms with Crippen molar-refractivity contribution in [2.45, 2.75) is 31.3 Å². The first kappa shape index (κ1) is 12.0. The van der Waals surface area contributed by atoms with Gasteiger partial charge in [0.1, 0.15) is 11.9 Å². The number of benzene rings is 1. The topological polar surface area (TPSA) is 30.5 Å². The van der Waals surface area contributed by atoms with Gasteiger partial charge in [-0.3, -0.25) is 0 Å². The molecule has 0 saturated carbocycles. The third-order valence-corrected chi connectivity index (χ3v) is 3.88. The van der Waals surface area contributed by atoms with E-state index in [2.05, 4.69) is 29.6 Å². The molecule has 3 heteroatoms. The van der Waals surface area contributed by atoms with Crippen molar-refractivity contribution in [3.05, 3.63) is 29.8 Å². The van der Waals surface area contributed by atoms with Crippen molar-refractivity contribution in [3.63, 3.8) is 0 Å². The fourth-order valence-corrected chi connectivity index (χ4v) is 2.74. The maximum absolute atomic E-state index is 5.98. The van der Waals surface area contributed by atoms with Crippen molar-refractivity contribution in [2.75, 3.05) is 26.3 Å². The molecule has 2 aliphatic rings. The molecule has 0 aliphatic carbocycles. The molecule has 3 rings (SSSR count). The van der Waals surface area contributed by atoms with Gasteiger partial charge in [0.15, 0.2) is 0 Å². The first-order valence-electron chi connectivity index (χ1n) is 6.97. The van der Waals surface area contributed by atoms with Gasteiger partial charge in [-0.25, -0.2) is 0 Å². The lowest BCUT2D eigenvalue weighted by Gasteiger charge is -2.23. The minimum Gasteiger partial charge on any atom is -0.490 e. The van der Waals surface area contributed by atoms with E-state index in [4.69, 9.17) is 9.47 Å². The Morgan fingerprint density at radius 3 is 2.50 bits per heavy atom. The second-order valence-electron chi connectivity index (χ2n) is 5.19. The smallest absolute Gasteiger partial charge is 0.119 e. The molecule has 0 aromatic heterocycles. The Labute approximate surface area is 108 Å². The monoisotopic (exact) mass is 247 g/mol. The van der Waals surface area contributed by atoms with Gasteiger partial charge in [0.05, 0.1) is 13.2 Å². The molecule has 1 unspecified atom stereocenters. The van der Waals surface area contributed by atoms with Gasteiger partial charge in [0.25, 0.3) is 0 Å². The second kappa shape index (κ2) is 5.72. The van der Waals surface area contributed by atoms with Gasteiger partial charge in [-0.2, -0.15) is 0 Å². The predicted octanol–water partition coefficient (Wildman–Crippen LogP) is 2.32. The second-order valence-corrected chi connectivity index (χ2v) is 5.19. The molecule has 3 nitrogen and oxygen atoms in total. The molecular formula is C15H21NO2. The van der Waals surface area contributed by atoms with Gasteiger partial charge in [0, 0.05) is 19.4 Å². The molecule has 0 spiro atoms. The summed E-state index contributed by atoms with van der Waals surface area (Å²) in [6, 6.07) is 8.66. The average molecular weight is 247 g/mol. The molecule has 0 bridgehead atoms. The highest BCUT2D eigenvalue weighted by molar-refractivity contribution is 5.30. The van der Waals surface area contributed by atoms with E-state index in [-0.39, 0.29) is 0 Å². The van der Waals surface area contributed by atoms with Crippen molar-refractivity contribution < 1.29 is 9.47 Å². The molecule has 0 amide bonds. The average Bonchev–Trinajstić information content (AvgIpc) is 2.95. The highest BCUT2D eigenvalue weighted by atomic mass is 16.5. The van der Waals surface area contributed by atoms with Crippen LogP contribution in [-0.2, 0) is 4.74 Å². The minimum absolute atomic E-state index is 0.331. The Bertz CT molecular complexity index is 365. The van der Waals surface area contributed by atoms with Crippen LogP contribution < -0.4 is 10.1 Å². The first-order chi connectivity index (χ1) is 8.92. The van der Waals surface area contributed by atoms with Crippen LogP contribution in [0.5, 0.6) is 5.75 Å². The van der Waals surface area contributed by atoms with Crippen LogP contribution in [0, 0.1) is 0 Å². The molecular weight excluding hydrogens is 226 g/mol. The molecule has 98 valence electrons. The van der Waals surface area contributed by atoms with E-state index in [0.29, 0.717) is 12.0 Å². The molecule has 1 aromatic rings. The lowest BCUT2D eigenvalue weighted by atomic mass is 9.98. The summed E-state index contributed by atoms with van der Waals surface area (Å²) < 4.78 is 11.3. The summed E-state index contributed by atoms with van der Waals surface area (Å²) in [6.45, 7) is 3.91. The molecule has 0 radical (unpaired) electrons. The largest absolute Gasteiger partial charge is 0.490 e. The van der Waals surface area contributed by atoms with Crippen LogP contribution in [0.4, 0.5) is 0 Å². The molecule has 18 heavy (non-hydrogen) atoms. The van der Waals surface area contributed by atoms with Crippen LogP contribution in [0.3, 0.4) is 0 Å². The molecule has 1 atom stereocenters. The van der Waals surface area contributed by atoms with E-state index < -0.39 is 0 Å². The fourth-order valence-electron chi connectivity index (χ4n) is 2.74. The molecule has 2 saturated heterocycles. The van der Waals surface area contributed by atoms with Gasteiger partial charge in [-0.15, -0.1) is 0 Å². The maximum atomic E-state index is 5.98. The third kappa shape index (κ3) is 2.85. The summed E-state index contributed by atoms with van der Waals surface area (Å²) in [7, 11) is 0. The van der Waals surface area contributed by atoms with Crippen molar-refractivity contribution in [3.8, 4) is 5.75 Å². The fraction of sp³-hybridized carbons (Fsp3) is 0.600. The van der Waals surface area contributed by atoms with E-state index >= 15 is 0 Å². The van der Waals surface area contributed by atoms with Crippen LogP contribution in [0.1, 0.15) is 30.7 Å². The molecule has 1 aromatic carbocycles. The lowest BCUT2D eigenvalue weighted by molar-refractivity contribution is 0.0255. The van der Waals surface area contributed by atoms with Crippen molar-refractivity contribution >= 4 is 0 Å². The van der Waals surface area contributed by atoms with Gasteiger partial charge >= 0.3 is 0 Å². The number of rotatable bonds is 3. The highest BCUT2D eigenvalue weighted by Crippen LogP contribution is 2.25. The zero-order valence-corrected chi connectivity index (χ0v) is 10.7. The Morgan fingerprint density at radius 2 is 1.83 bits per heavy atom. The predicted molar refractivity (Wildman–Crippen MR) is 71.1 cm³/mol. The van der Waals surface area contributed by atoms with Crippen LogP contribution in [0.2, 0.25) is 0 Å². The number of hydrogen-bond acceptors (Lipinski definition) is 3. The Balaban J connectivity index is 1.59. The Hall–Kier alpha value is -1.06. The molecule has 2 fully saturated rings. The van der Waals surface area contributed by atoms with E-state index in [1.165, 1.54) is 12.0 Å². The van der Waals surface area contributed by atoms with Gasteiger partial charge in [-0.05, 0) is 36.6 Å². The summed E-state index contributed by atoms with van der Waals surface area (Å²) in [4.78, 5) is 0. The van der Waals surface area contributed by atoms with Crippen molar-refractivity contribution in [1.29, 1.82) is 0 Å². The lowest BCUT2D eigenvalue weighted by Crippen LogP contribution is -2.25. The van der Waals surface area contributed by atoms with Crippen molar-refractivity contribution in [1.82, 2.24) is 5.32 Å². The maximum Gasteiger partial charge on any atom is 0.119 e. The SMILES string of the molecule is c1cc(C2CCNC2)ccc1OC1CCOCC1. The summed E-state index contributed by atoms with van der Waals surface area (Å²) in [5, 5.41) is 3.41. The third-order valence-electron chi connectivity index (χ3n) is 3.88. The van der Waals surface area contributed by atoms with E-state index in [9.17, 15) is 0 Å². The van der Waals surface area contributed by atoms with Crippen LogP contribution >= 0.6 is 0 Å². The van der Waals surface area contributed by atoms with Crippen LogP contribution in [0.25, 0.3) is 0 Å². The number of hydrogen-bond donors (Lipinski definition) is 1. The normalized spacial score (nSPS) is 25.2. The summed E-state index contributed by atoms with van der Waals surface area (Å²) in [5.41, 5.74) is 1.43. The van der Waals surface area contributed by atoms with E-state index in [1.807, 2.05) is 0 Å². The molecule has 1 N–H and O–H groups in total. The van der Waals surface area contributed by atoms with Crippen LogP contribution in [0.15, 0.2) is 24.3 Å². The quantitative estimate of drug-likeness (QED) is 0.889. The summed E-state index contributed by atoms with van der Waals surface area (Å²) >= 11 is 0. The number of ether oxygens (including phenoxy) is 2. The van der Waals surface area contributed by atoms with Gasteiger partial charge < -0.3 is 14.8 Å². The summed E-state index contributed by atoms with van der Waals surface area (Å²) in [6.07, 6.45) is 3.60. The Morgan fingerprint density at radius 1 is 1.06 bits per heavy atom. The number of nitrogens with one attached hydrogen (secondary N) is 1. The standard InChI is InChI=1S/C15H21NO2/c1-3-14(18-15-6-9-17-10-7-15)4-2-12(1)13-5-8-16-11-13/h1-4,13,15-16H,5-11H2. The first-order valence-corrected chi connectivity index (χ1v) is 6.97. The zero-order valence-electron chi connectivity index (χ0n) is 10.7.